The Balaban J connectivity index is 2.18. The summed E-state index contributed by atoms with van der Waals surface area (Å²) >= 11 is 6.61. The summed E-state index contributed by atoms with van der Waals surface area (Å²) < 4.78 is 0. The lowest BCUT2D eigenvalue weighted by molar-refractivity contribution is -0.380. The smallest absolute Gasteiger partial charge is 0.321 e. The Kier molecular flexibility index (Phi) is 4.13. The van der Waals surface area contributed by atoms with Crippen LogP contribution < -0.4 is 5.32 Å². The molecule has 0 saturated heterocycles. The van der Waals surface area contributed by atoms with Crippen LogP contribution in [-0.4, -0.2) is 10.8 Å². The lowest BCUT2D eigenvalue weighted by atomic mass is 10.2. The van der Waals surface area contributed by atoms with Crippen LogP contribution >= 0.6 is 22.9 Å². The van der Waals surface area contributed by atoms with E-state index in [9.17, 15) is 14.9 Å². The molecule has 1 heterocycles. The van der Waals surface area contributed by atoms with Gasteiger partial charge in [0.2, 0.25) is 0 Å². The third-order valence-electron chi connectivity index (χ3n) is 2.41. The number of thiophene rings is 1. The molecule has 98 valence electrons. The van der Waals surface area contributed by atoms with E-state index in [4.69, 9.17) is 11.6 Å². The van der Waals surface area contributed by atoms with E-state index in [1.54, 1.807) is 18.2 Å². The second kappa shape index (κ2) is 5.81. The molecule has 0 radical (unpaired) electrons. The van der Waals surface area contributed by atoms with Gasteiger partial charge in [0.15, 0.2) is 0 Å². The van der Waals surface area contributed by atoms with Crippen molar-refractivity contribution < 1.29 is 9.72 Å². The Bertz CT molecular complexity index is 627. The number of nitro groups is 1. The highest BCUT2D eigenvalue weighted by Gasteiger charge is 2.16. The van der Waals surface area contributed by atoms with E-state index in [1.165, 1.54) is 12.1 Å². The monoisotopic (exact) mass is 296 g/mol. The number of rotatable bonds is 4. The molecule has 0 fully saturated rings. The first-order valence-corrected chi connectivity index (χ1v) is 6.66. The van der Waals surface area contributed by atoms with Crippen LogP contribution in [0.15, 0.2) is 36.4 Å². The van der Waals surface area contributed by atoms with Gasteiger partial charge in [-0.15, -0.1) is 11.6 Å². The molecule has 19 heavy (non-hydrogen) atoms. The van der Waals surface area contributed by atoms with Crippen LogP contribution in [0.5, 0.6) is 0 Å². The maximum atomic E-state index is 12.0. The highest BCUT2D eigenvalue weighted by Crippen LogP contribution is 2.25. The number of para-hydroxylation sites is 1. The topological polar surface area (TPSA) is 72.2 Å². The highest BCUT2D eigenvalue weighted by atomic mass is 35.5. The van der Waals surface area contributed by atoms with E-state index in [-0.39, 0.29) is 21.7 Å². The fraction of sp³-hybridized carbons (Fsp3) is 0.0833. The minimum atomic E-state index is -0.520. The number of alkyl halides is 1. The third-order valence-corrected chi connectivity index (χ3v) is 3.73. The average Bonchev–Trinajstić information content (AvgIpc) is 2.89. The third kappa shape index (κ3) is 3.10. The number of nitrogens with zero attached hydrogens (tertiary/aromatic N) is 1. The van der Waals surface area contributed by atoms with Gasteiger partial charge in [0.1, 0.15) is 0 Å². The molecular weight excluding hydrogens is 288 g/mol. The molecule has 1 N–H and O–H groups in total. The average molecular weight is 297 g/mol. The Morgan fingerprint density at radius 2 is 2.05 bits per heavy atom. The minimum absolute atomic E-state index is 0.0595. The number of anilines is 1. The van der Waals surface area contributed by atoms with Crippen LogP contribution in [0, 0.1) is 10.1 Å². The lowest BCUT2D eigenvalue weighted by Crippen LogP contribution is -2.11. The van der Waals surface area contributed by atoms with Crippen LogP contribution in [0.4, 0.5) is 10.7 Å². The summed E-state index contributed by atoms with van der Waals surface area (Å²) in [5.41, 5.74) is 1.40. The number of hydrogen-bond donors (Lipinski definition) is 1. The zero-order valence-electron chi connectivity index (χ0n) is 9.63. The first kappa shape index (κ1) is 13.5. The van der Waals surface area contributed by atoms with Crippen molar-refractivity contribution in [2.24, 2.45) is 0 Å². The Morgan fingerprint density at radius 3 is 2.68 bits per heavy atom. The summed E-state index contributed by atoms with van der Waals surface area (Å²) in [7, 11) is 0. The molecule has 0 spiro atoms. The molecule has 2 rings (SSSR count). The van der Waals surface area contributed by atoms with E-state index < -0.39 is 4.92 Å². The largest absolute Gasteiger partial charge is 0.324 e. The summed E-state index contributed by atoms with van der Waals surface area (Å²) in [6.45, 7) is 0. The van der Waals surface area contributed by atoms with E-state index in [2.05, 4.69) is 5.32 Å². The van der Waals surface area contributed by atoms with Crippen molar-refractivity contribution in [1.82, 2.24) is 0 Å². The fourth-order valence-electron chi connectivity index (χ4n) is 1.49. The standard InChI is InChI=1S/C12H9ClN2O3S/c13-7-8-3-1-2-4-9(8)14-12(16)10-5-6-11(19-10)15(17)18/h1-6H,7H2,(H,14,16). The Hall–Kier alpha value is -1.92. The summed E-state index contributed by atoms with van der Waals surface area (Å²) in [6.07, 6.45) is 0. The van der Waals surface area contributed by atoms with Crippen molar-refractivity contribution in [3.63, 3.8) is 0 Å². The molecule has 0 bridgehead atoms. The van der Waals surface area contributed by atoms with Crippen LogP contribution in [-0.2, 0) is 5.88 Å². The van der Waals surface area contributed by atoms with Gasteiger partial charge in [-0.25, -0.2) is 0 Å². The lowest BCUT2D eigenvalue weighted by Gasteiger charge is -2.07. The SMILES string of the molecule is O=C(Nc1ccccc1CCl)c1ccc([N+](=O)[O-])s1. The maximum Gasteiger partial charge on any atom is 0.324 e. The molecule has 0 aliphatic heterocycles. The molecule has 7 heteroatoms. The molecule has 0 aliphatic rings. The van der Waals surface area contributed by atoms with Crippen molar-refractivity contribution in [1.29, 1.82) is 0 Å². The van der Waals surface area contributed by atoms with Crippen LogP contribution in [0.1, 0.15) is 15.2 Å². The van der Waals surface area contributed by atoms with Gasteiger partial charge in [-0.2, -0.15) is 0 Å². The maximum absolute atomic E-state index is 12.0. The van der Waals surface area contributed by atoms with Crippen molar-refractivity contribution in [3.05, 3.63) is 57.0 Å². The summed E-state index contributed by atoms with van der Waals surface area (Å²) in [5.74, 6) is -0.100. The molecule has 2 aromatic rings. The number of carbonyl (C=O) groups is 1. The first-order chi connectivity index (χ1) is 9.11. The van der Waals surface area contributed by atoms with Crippen molar-refractivity contribution in [3.8, 4) is 0 Å². The van der Waals surface area contributed by atoms with E-state index in [0.29, 0.717) is 5.69 Å². The van der Waals surface area contributed by atoms with Gasteiger partial charge in [0.25, 0.3) is 5.91 Å². The summed E-state index contributed by atoms with van der Waals surface area (Å²) in [4.78, 5) is 22.3. The Labute approximate surface area is 118 Å². The van der Waals surface area contributed by atoms with Gasteiger partial charge in [-0.1, -0.05) is 29.5 Å². The number of benzene rings is 1. The number of amides is 1. The van der Waals surface area contributed by atoms with Gasteiger partial charge in [0.05, 0.1) is 9.80 Å². The molecule has 0 saturated carbocycles. The highest BCUT2D eigenvalue weighted by molar-refractivity contribution is 7.17. The van der Waals surface area contributed by atoms with E-state index in [0.717, 1.165) is 16.9 Å². The van der Waals surface area contributed by atoms with Gasteiger partial charge < -0.3 is 5.32 Å². The first-order valence-electron chi connectivity index (χ1n) is 5.31. The second-order valence-corrected chi connectivity index (χ2v) is 4.97. The molecule has 0 unspecified atom stereocenters. The summed E-state index contributed by atoms with van der Waals surface area (Å²) in [6, 6.07) is 9.89. The number of halogens is 1. The second-order valence-electron chi connectivity index (χ2n) is 3.64. The number of hydrogen-bond acceptors (Lipinski definition) is 4. The quantitative estimate of drug-likeness (QED) is 0.532. The van der Waals surface area contributed by atoms with Crippen molar-refractivity contribution in [2.45, 2.75) is 5.88 Å². The van der Waals surface area contributed by atoms with Crippen molar-refractivity contribution >= 4 is 39.5 Å². The zero-order valence-corrected chi connectivity index (χ0v) is 11.2. The molecular formula is C12H9ClN2O3S. The minimum Gasteiger partial charge on any atom is -0.321 e. The zero-order chi connectivity index (χ0) is 13.8. The van der Waals surface area contributed by atoms with Gasteiger partial charge >= 0.3 is 5.00 Å². The van der Waals surface area contributed by atoms with Gasteiger partial charge in [-0.05, 0) is 17.7 Å². The Morgan fingerprint density at radius 1 is 1.32 bits per heavy atom. The van der Waals surface area contributed by atoms with Gasteiger partial charge in [-0.3, -0.25) is 14.9 Å². The van der Waals surface area contributed by atoms with Crippen LogP contribution in [0.25, 0.3) is 0 Å². The molecule has 1 aromatic carbocycles. The van der Waals surface area contributed by atoms with Crippen LogP contribution in [0.3, 0.4) is 0 Å². The molecule has 1 aromatic heterocycles. The predicted molar refractivity (Wildman–Crippen MR) is 74.9 cm³/mol. The van der Waals surface area contributed by atoms with E-state index in [1.807, 2.05) is 6.07 Å². The van der Waals surface area contributed by atoms with Crippen LogP contribution in [0.2, 0.25) is 0 Å². The predicted octanol–water partition coefficient (Wildman–Crippen LogP) is 3.65. The van der Waals surface area contributed by atoms with Gasteiger partial charge in [0, 0.05) is 17.6 Å². The molecule has 5 nitrogen and oxygen atoms in total. The molecule has 0 atom stereocenters. The number of carbonyl (C=O) groups excluding carboxylic acids is 1. The molecule has 1 amide bonds. The summed E-state index contributed by atoms with van der Waals surface area (Å²) in [5, 5.41) is 13.2. The normalized spacial score (nSPS) is 10.2. The van der Waals surface area contributed by atoms with E-state index >= 15 is 0 Å². The fourth-order valence-corrected chi connectivity index (χ4v) is 2.44. The molecule has 0 aliphatic carbocycles. The number of nitrogens with one attached hydrogen (secondary N) is 1. The van der Waals surface area contributed by atoms with Crippen molar-refractivity contribution in [2.75, 3.05) is 5.32 Å².